The molecule has 2 aromatic carbocycles. The van der Waals surface area contributed by atoms with Crippen LogP contribution in [0.3, 0.4) is 0 Å². The summed E-state index contributed by atoms with van der Waals surface area (Å²) in [5.41, 5.74) is 3.49. The van der Waals surface area contributed by atoms with Crippen LogP contribution in [0.15, 0.2) is 66.7 Å². The van der Waals surface area contributed by atoms with Crippen LogP contribution in [0.25, 0.3) is 0 Å². The molecule has 0 radical (unpaired) electrons. The molecule has 0 bridgehead atoms. The number of ketones is 1. The molecular formula is C29H38N2O5. The van der Waals surface area contributed by atoms with Gasteiger partial charge < -0.3 is 15.1 Å². The van der Waals surface area contributed by atoms with Gasteiger partial charge >= 0.3 is 11.9 Å². The number of benzene rings is 2. The number of hydrogen-bond acceptors (Lipinski definition) is 5. The van der Waals surface area contributed by atoms with Crippen LogP contribution >= 0.6 is 0 Å². The minimum absolute atomic E-state index is 0.282. The first-order chi connectivity index (χ1) is 17.4. The Balaban J connectivity index is 0.000000493. The maximum absolute atomic E-state index is 12.4. The van der Waals surface area contributed by atoms with Gasteiger partial charge in [0.25, 0.3) is 0 Å². The van der Waals surface area contributed by atoms with Crippen LogP contribution in [0.4, 0.5) is 5.69 Å². The number of rotatable bonds is 13. The molecule has 7 nitrogen and oxygen atoms in total. The van der Waals surface area contributed by atoms with Crippen molar-refractivity contribution in [2.75, 3.05) is 31.1 Å². The van der Waals surface area contributed by atoms with E-state index in [0.29, 0.717) is 18.6 Å². The first kappa shape index (κ1) is 28.8. The Morgan fingerprint density at radius 3 is 2.03 bits per heavy atom. The number of anilines is 1. The fraction of sp³-hybridized carbons (Fsp3) is 0.414. The van der Waals surface area contributed by atoms with Crippen molar-refractivity contribution in [2.45, 2.75) is 52.0 Å². The van der Waals surface area contributed by atoms with E-state index < -0.39 is 11.9 Å². The van der Waals surface area contributed by atoms with E-state index in [2.05, 4.69) is 59.2 Å². The number of hydrogen-bond donors (Lipinski definition) is 2. The van der Waals surface area contributed by atoms with Gasteiger partial charge in [-0.1, -0.05) is 43.7 Å². The molecule has 3 rings (SSSR count). The molecule has 1 heterocycles. The van der Waals surface area contributed by atoms with Crippen LogP contribution in [0.1, 0.15) is 61.4 Å². The molecule has 0 aliphatic carbocycles. The predicted molar refractivity (Wildman–Crippen MR) is 142 cm³/mol. The molecule has 1 saturated heterocycles. The molecule has 0 spiro atoms. The summed E-state index contributed by atoms with van der Waals surface area (Å²) in [6, 6.07) is 18.9. The highest BCUT2D eigenvalue weighted by molar-refractivity contribution is 5.96. The lowest BCUT2D eigenvalue weighted by Crippen LogP contribution is -2.24. The lowest BCUT2D eigenvalue weighted by atomic mass is 10.0. The van der Waals surface area contributed by atoms with E-state index in [9.17, 15) is 14.4 Å². The van der Waals surface area contributed by atoms with Gasteiger partial charge in [-0.25, -0.2) is 9.59 Å². The summed E-state index contributed by atoms with van der Waals surface area (Å²) in [6.45, 7) is 7.69. The predicted octanol–water partition coefficient (Wildman–Crippen LogP) is 5.26. The van der Waals surface area contributed by atoms with Crippen molar-refractivity contribution in [3.05, 3.63) is 77.9 Å². The van der Waals surface area contributed by atoms with Gasteiger partial charge in [-0.3, -0.25) is 9.69 Å². The van der Waals surface area contributed by atoms with E-state index in [1.807, 2.05) is 12.1 Å². The van der Waals surface area contributed by atoms with E-state index in [0.717, 1.165) is 57.5 Å². The molecule has 0 saturated carbocycles. The van der Waals surface area contributed by atoms with Crippen LogP contribution in [0.5, 0.6) is 0 Å². The van der Waals surface area contributed by atoms with Gasteiger partial charge in [0, 0.05) is 49.5 Å². The van der Waals surface area contributed by atoms with Gasteiger partial charge in [0.15, 0.2) is 5.78 Å². The molecule has 7 heteroatoms. The van der Waals surface area contributed by atoms with Crippen LogP contribution < -0.4 is 4.90 Å². The summed E-state index contributed by atoms with van der Waals surface area (Å²) in [5, 5.41) is 15.6. The number of carboxylic acids is 2. The Kier molecular flexibility index (Phi) is 13.0. The van der Waals surface area contributed by atoms with Crippen molar-refractivity contribution in [1.29, 1.82) is 0 Å². The average Bonchev–Trinajstić information content (AvgIpc) is 3.43. The van der Waals surface area contributed by atoms with Gasteiger partial charge in [-0.15, -0.1) is 0 Å². The summed E-state index contributed by atoms with van der Waals surface area (Å²) in [5.74, 6) is -2.23. The maximum atomic E-state index is 12.4. The second kappa shape index (κ2) is 16.3. The van der Waals surface area contributed by atoms with Crippen molar-refractivity contribution in [2.24, 2.45) is 0 Å². The second-order valence-electron chi connectivity index (χ2n) is 8.84. The quantitative estimate of drug-likeness (QED) is 0.223. The molecule has 194 valence electrons. The first-order valence-corrected chi connectivity index (χ1v) is 12.7. The van der Waals surface area contributed by atoms with Crippen molar-refractivity contribution >= 4 is 23.4 Å². The molecule has 0 amide bonds. The standard InChI is InChI=1S/C25H34N2O.C4H4O4/c1-2-26(21-22-11-5-3-6-12-22)18-8-4-7-13-25(28)23-14-16-24(17-15-23)27-19-9-10-20-27;5-3(6)1-2-4(7)8/h3,5-6,11-12,14-17H,2,4,7-10,13,18-21H2,1H3;1-2H,(H,5,6)(H,7,8)/b;2-1+. The van der Waals surface area contributed by atoms with Crippen LogP contribution in [-0.4, -0.2) is 59.0 Å². The van der Waals surface area contributed by atoms with Gasteiger partial charge in [0.2, 0.25) is 0 Å². The van der Waals surface area contributed by atoms with Crippen LogP contribution in [0, 0.1) is 0 Å². The van der Waals surface area contributed by atoms with Crippen LogP contribution in [0.2, 0.25) is 0 Å². The smallest absolute Gasteiger partial charge is 0.328 e. The van der Waals surface area contributed by atoms with Gasteiger partial charge in [0.05, 0.1) is 0 Å². The van der Waals surface area contributed by atoms with Crippen molar-refractivity contribution in [3.63, 3.8) is 0 Å². The van der Waals surface area contributed by atoms with Crippen molar-refractivity contribution < 1.29 is 24.6 Å². The number of nitrogens with zero attached hydrogens (tertiary/aromatic N) is 2. The van der Waals surface area contributed by atoms with Gasteiger partial charge in [0.1, 0.15) is 0 Å². The highest BCUT2D eigenvalue weighted by Crippen LogP contribution is 2.21. The largest absolute Gasteiger partial charge is 0.478 e. The fourth-order valence-electron chi connectivity index (χ4n) is 4.11. The Morgan fingerprint density at radius 2 is 1.47 bits per heavy atom. The number of carbonyl (C=O) groups is 3. The van der Waals surface area contributed by atoms with Crippen molar-refractivity contribution in [3.8, 4) is 0 Å². The van der Waals surface area contributed by atoms with E-state index in [4.69, 9.17) is 10.2 Å². The Morgan fingerprint density at radius 1 is 0.861 bits per heavy atom. The van der Waals surface area contributed by atoms with Crippen LogP contribution in [-0.2, 0) is 16.1 Å². The molecule has 0 atom stereocenters. The number of carbonyl (C=O) groups excluding carboxylic acids is 1. The van der Waals surface area contributed by atoms with E-state index in [-0.39, 0.29) is 5.78 Å². The zero-order valence-electron chi connectivity index (χ0n) is 21.1. The number of Topliss-reactive ketones (excluding diaryl/α,β-unsaturated/α-hetero) is 1. The zero-order chi connectivity index (χ0) is 26.2. The van der Waals surface area contributed by atoms with Gasteiger partial charge in [-0.05, 0) is 68.6 Å². The second-order valence-corrected chi connectivity index (χ2v) is 8.84. The minimum Gasteiger partial charge on any atom is -0.478 e. The summed E-state index contributed by atoms with van der Waals surface area (Å²) >= 11 is 0. The van der Waals surface area contributed by atoms with Crippen molar-refractivity contribution in [1.82, 2.24) is 4.90 Å². The third-order valence-corrected chi connectivity index (χ3v) is 6.10. The summed E-state index contributed by atoms with van der Waals surface area (Å²) in [4.78, 5) is 36.4. The number of aliphatic carboxylic acids is 2. The fourth-order valence-corrected chi connectivity index (χ4v) is 4.11. The van der Waals surface area contributed by atoms with Gasteiger partial charge in [-0.2, -0.15) is 0 Å². The molecule has 0 unspecified atom stereocenters. The lowest BCUT2D eigenvalue weighted by Gasteiger charge is -2.20. The molecule has 1 fully saturated rings. The Bertz CT molecular complexity index is 951. The highest BCUT2D eigenvalue weighted by Gasteiger charge is 2.13. The molecule has 2 aromatic rings. The van der Waals surface area contributed by atoms with E-state index in [1.165, 1.54) is 24.1 Å². The zero-order valence-corrected chi connectivity index (χ0v) is 21.1. The van der Waals surface area contributed by atoms with E-state index in [1.54, 1.807) is 0 Å². The molecule has 1 aliphatic heterocycles. The Hall–Kier alpha value is -3.45. The summed E-state index contributed by atoms with van der Waals surface area (Å²) in [6.07, 6.45) is 7.59. The highest BCUT2D eigenvalue weighted by atomic mass is 16.4. The third kappa shape index (κ3) is 11.3. The first-order valence-electron chi connectivity index (χ1n) is 12.7. The molecule has 0 aromatic heterocycles. The number of carboxylic acid groups (broad SMARTS) is 2. The maximum Gasteiger partial charge on any atom is 0.328 e. The Labute approximate surface area is 214 Å². The molecule has 1 aliphatic rings. The number of unbranched alkanes of at least 4 members (excludes halogenated alkanes) is 2. The van der Waals surface area contributed by atoms with E-state index >= 15 is 0 Å². The topological polar surface area (TPSA) is 98.2 Å². The minimum atomic E-state index is -1.26. The molecule has 2 N–H and O–H groups in total. The summed E-state index contributed by atoms with van der Waals surface area (Å²) < 4.78 is 0. The summed E-state index contributed by atoms with van der Waals surface area (Å²) in [7, 11) is 0. The third-order valence-electron chi connectivity index (χ3n) is 6.10. The molecule has 36 heavy (non-hydrogen) atoms. The normalized spacial score (nSPS) is 13.0. The average molecular weight is 495 g/mol. The SMILES string of the molecule is CCN(CCCCCC(=O)c1ccc(N2CCCC2)cc1)Cc1ccccc1.O=C(O)/C=C/C(=O)O. The molecular weight excluding hydrogens is 456 g/mol. The lowest BCUT2D eigenvalue weighted by molar-refractivity contribution is -0.134. The monoisotopic (exact) mass is 494 g/mol.